The molecule has 1 aromatic carbocycles. The molecule has 0 aliphatic carbocycles. The van der Waals surface area contributed by atoms with Crippen molar-refractivity contribution >= 4 is 40.4 Å². The van der Waals surface area contributed by atoms with Crippen molar-refractivity contribution in [3.8, 4) is 17.6 Å². The van der Waals surface area contributed by atoms with Crippen LogP contribution in [0.15, 0.2) is 23.2 Å². The Kier molecular flexibility index (Phi) is 13.3. The molecule has 0 atom stereocenters. The molecule has 3 aromatic rings. The van der Waals surface area contributed by atoms with Gasteiger partial charge < -0.3 is 46.2 Å². The number of anilines is 1. The molecule has 2 aromatic heterocycles. The number of ether oxygens (including phenoxy) is 2. The fourth-order valence-corrected chi connectivity index (χ4v) is 3.09. The Balaban J connectivity index is 0.00000272. The van der Waals surface area contributed by atoms with Gasteiger partial charge in [0.15, 0.2) is 5.88 Å². The third-order valence-corrected chi connectivity index (χ3v) is 4.77. The second kappa shape index (κ2) is 14.8. The van der Waals surface area contributed by atoms with Crippen molar-refractivity contribution in [2.45, 2.75) is 25.7 Å². The van der Waals surface area contributed by atoms with Gasteiger partial charge in [0.25, 0.3) is 0 Å². The summed E-state index contributed by atoms with van der Waals surface area (Å²) in [5.74, 6) is 1.01. The van der Waals surface area contributed by atoms with E-state index in [0.29, 0.717) is 58.4 Å². The minimum absolute atomic E-state index is 0. The molecule has 3 rings (SSSR count). The zero-order valence-corrected chi connectivity index (χ0v) is 23.3. The summed E-state index contributed by atoms with van der Waals surface area (Å²) in [6, 6.07) is 5.45. The molecule has 8 nitrogen and oxygen atoms in total. The van der Waals surface area contributed by atoms with Crippen molar-refractivity contribution in [3.63, 3.8) is 0 Å². The molecule has 0 bridgehead atoms. The van der Waals surface area contributed by atoms with E-state index in [9.17, 15) is 5.11 Å². The van der Waals surface area contributed by atoms with E-state index < -0.39 is 0 Å². The molecule has 0 saturated carbocycles. The average molecular weight is 498 g/mol. The zero-order valence-electron chi connectivity index (χ0n) is 19.4. The number of halogens is 1. The van der Waals surface area contributed by atoms with Gasteiger partial charge in [-0.05, 0) is 25.1 Å². The summed E-state index contributed by atoms with van der Waals surface area (Å²) in [6.07, 6.45) is 4.98. The molecule has 33 heavy (non-hydrogen) atoms. The number of aromatic nitrogens is 3. The number of aromatic amines is 1. The molecule has 0 amide bonds. The summed E-state index contributed by atoms with van der Waals surface area (Å²) in [6.45, 7) is 8.81. The number of aliphatic imine (C=N–C) groups is 1. The quantitative estimate of drug-likeness (QED) is 0.163. The van der Waals surface area contributed by atoms with Gasteiger partial charge in [-0.3, -0.25) is 4.99 Å². The Hall–Kier alpha value is -1.36. The first-order valence-electron chi connectivity index (χ1n) is 10.0. The number of benzene rings is 1. The molecule has 0 radical (unpaired) electrons. The van der Waals surface area contributed by atoms with Crippen LogP contribution in [0.1, 0.15) is 31.2 Å². The summed E-state index contributed by atoms with van der Waals surface area (Å²) >= 11 is 6.23. The van der Waals surface area contributed by atoms with Gasteiger partial charge in [0, 0.05) is 12.3 Å². The van der Waals surface area contributed by atoms with E-state index in [1.54, 1.807) is 24.4 Å². The van der Waals surface area contributed by atoms with Crippen LogP contribution in [0.5, 0.6) is 17.6 Å². The Labute approximate surface area is 243 Å². The molecule has 174 valence electrons. The van der Waals surface area contributed by atoms with E-state index in [4.69, 9.17) is 21.1 Å². The van der Waals surface area contributed by atoms with Crippen molar-refractivity contribution in [1.29, 1.82) is 0 Å². The number of hydrogen-bond acceptors (Lipinski definition) is 7. The van der Waals surface area contributed by atoms with Crippen LogP contribution in [0.3, 0.4) is 0 Å². The molecule has 0 spiro atoms. The van der Waals surface area contributed by atoms with E-state index >= 15 is 0 Å². The Morgan fingerprint density at radius 2 is 2.03 bits per heavy atom. The van der Waals surface area contributed by atoms with E-state index in [0.717, 1.165) is 19.3 Å². The van der Waals surface area contributed by atoms with Crippen molar-refractivity contribution in [2.75, 3.05) is 25.6 Å². The van der Waals surface area contributed by atoms with Crippen LogP contribution in [0.25, 0.3) is 11.0 Å². The number of aromatic hydroxyl groups is 1. The van der Waals surface area contributed by atoms with E-state index in [1.807, 2.05) is 0 Å². The minimum Gasteiger partial charge on any atom is -0.494 e. The number of methoxy groups -OCH3 is 1. The number of nitrogens with zero attached hydrogens (tertiary/aromatic N) is 3. The molecule has 0 aliphatic rings. The van der Waals surface area contributed by atoms with Crippen LogP contribution in [0, 0.1) is 21.3 Å². The van der Waals surface area contributed by atoms with Gasteiger partial charge in [-0.1, -0.05) is 18.0 Å². The maximum Gasteiger partial charge on any atom is 1.00 e. The molecule has 10 heteroatoms. The molecular formula is C23H29ClKN5O3-2. The van der Waals surface area contributed by atoms with Crippen LogP contribution < -0.4 is 66.2 Å². The summed E-state index contributed by atoms with van der Waals surface area (Å²) in [5, 5.41) is 14.8. The average Bonchev–Trinajstić information content (AvgIpc) is 3.10. The predicted octanol–water partition coefficient (Wildman–Crippen LogP) is 2.55. The standard InChI is InChI=1S/C22H26ClN5O3.CH3.K/c1-4-6-7-11-31-17-12-14(8-9-16(17)23)25-13-15-18-19(24-10-5-2)27-22(30-3)28-20(18)26-21(15)29;;/h8-9,12-13,29H,1-2,4-7,10-11H2,3H3,(H2,24,26,27,28);1H3;/q-2;-1;+1. The SMILES string of the molecule is [CH2-]CCCCOc1cc(N=Cc2c(O)[nH]c3nc(OC)nc(NCC[CH2-])c23)ccc1Cl.[CH3-].[K+]. The number of nitrogens with one attached hydrogen (secondary N) is 2. The molecule has 3 N–H and O–H groups in total. The number of H-pyrrole nitrogens is 1. The number of fused-ring (bicyclic) bond motifs is 1. The fourth-order valence-electron chi connectivity index (χ4n) is 2.92. The van der Waals surface area contributed by atoms with Crippen LogP contribution in [-0.4, -0.2) is 46.5 Å². The van der Waals surface area contributed by atoms with Gasteiger partial charge in [-0.15, -0.1) is 0 Å². The topological polar surface area (TPSA) is 105 Å². The van der Waals surface area contributed by atoms with Gasteiger partial charge in [-0.25, -0.2) is 0 Å². The van der Waals surface area contributed by atoms with E-state index in [1.165, 1.54) is 7.11 Å². The first kappa shape index (κ1) is 29.7. The monoisotopic (exact) mass is 497 g/mol. The molecule has 0 unspecified atom stereocenters. The number of unbranched alkanes of at least 4 members (excludes halogenated alkanes) is 2. The maximum absolute atomic E-state index is 10.4. The van der Waals surface area contributed by atoms with Gasteiger partial charge in [0.2, 0.25) is 0 Å². The van der Waals surface area contributed by atoms with Crippen molar-refractivity contribution in [1.82, 2.24) is 15.0 Å². The van der Waals surface area contributed by atoms with Gasteiger partial charge in [-0.2, -0.15) is 22.8 Å². The predicted molar refractivity (Wildman–Crippen MR) is 130 cm³/mol. The number of rotatable bonds is 11. The van der Waals surface area contributed by atoms with Crippen molar-refractivity contribution in [2.24, 2.45) is 4.99 Å². The zero-order chi connectivity index (χ0) is 22.2. The maximum atomic E-state index is 10.4. The summed E-state index contributed by atoms with van der Waals surface area (Å²) in [7, 11) is 1.48. The van der Waals surface area contributed by atoms with Crippen LogP contribution in [0.4, 0.5) is 11.5 Å². The third-order valence-electron chi connectivity index (χ3n) is 4.46. The summed E-state index contributed by atoms with van der Waals surface area (Å²) in [4.78, 5) is 15.9. The Morgan fingerprint density at radius 1 is 1.24 bits per heavy atom. The molecule has 2 heterocycles. The number of hydrogen-bond donors (Lipinski definition) is 3. The smallest absolute Gasteiger partial charge is 0.494 e. The fraction of sp³-hybridized carbons (Fsp3) is 0.304. The van der Waals surface area contributed by atoms with E-state index in [2.05, 4.69) is 39.1 Å². The Morgan fingerprint density at radius 3 is 2.73 bits per heavy atom. The van der Waals surface area contributed by atoms with Crippen LogP contribution in [0.2, 0.25) is 5.02 Å². The van der Waals surface area contributed by atoms with Crippen LogP contribution in [-0.2, 0) is 0 Å². The first-order valence-corrected chi connectivity index (χ1v) is 10.4. The Bertz CT molecular complexity index is 1060. The third kappa shape index (κ3) is 7.83. The molecule has 0 fully saturated rings. The molecule has 0 aliphatic heterocycles. The second-order valence-corrected chi connectivity index (χ2v) is 7.14. The molecule has 0 saturated heterocycles. The van der Waals surface area contributed by atoms with Gasteiger partial charge >= 0.3 is 57.4 Å². The normalized spacial score (nSPS) is 10.7. The van der Waals surface area contributed by atoms with Crippen molar-refractivity contribution < 1.29 is 66.0 Å². The van der Waals surface area contributed by atoms with Crippen LogP contribution >= 0.6 is 11.6 Å². The second-order valence-electron chi connectivity index (χ2n) is 6.73. The van der Waals surface area contributed by atoms with Gasteiger partial charge in [0.05, 0.1) is 35.4 Å². The summed E-state index contributed by atoms with van der Waals surface area (Å²) < 4.78 is 10.9. The van der Waals surface area contributed by atoms with Gasteiger partial charge in [0.1, 0.15) is 17.2 Å². The van der Waals surface area contributed by atoms with E-state index in [-0.39, 0.29) is 70.7 Å². The first-order chi connectivity index (χ1) is 15.1. The largest absolute Gasteiger partial charge is 1.00 e. The molecular weight excluding hydrogens is 469 g/mol. The van der Waals surface area contributed by atoms with Crippen molar-refractivity contribution in [3.05, 3.63) is 50.1 Å². The minimum atomic E-state index is -0.0717. The summed E-state index contributed by atoms with van der Waals surface area (Å²) in [5.41, 5.74) is 1.52.